The molecule has 0 unspecified atom stereocenters. The molecule has 20 heavy (non-hydrogen) atoms. The fourth-order valence-electron chi connectivity index (χ4n) is 2.24. The van der Waals surface area contributed by atoms with Gasteiger partial charge in [-0.2, -0.15) is 0 Å². The van der Waals surface area contributed by atoms with Crippen molar-refractivity contribution in [3.8, 4) is 0 Å². The normalized spacial score (nSPS) is 12.8. The molecule has 0 saturated heterocycles. The molecule has 2 rings (SSSR count). The molecule has 0 spiro atoms. The highest BCUT2D eigenvalue weighted by Gasteiger charge is 2.17. The maximum Gasteiger partial charge on any atom is 0.0928 e. The molecule has 0 aliphatic heterocycles. The van der Waals surface area contributed by atoms with Crippen LogP contribution in [0.2, 0.25) is 0 Å². The van der Waals surface area contributed by atoms with Crippen LogP contribution >= 0.6 is 11.3 Å². The van der Waals surface area contributed by atoms with Gasteiger partial charge in [-0.1, -0.05) is 13.0 Å². The van der Waals surface area contributed by atoms with E-state index in [9.17, 15) is 0 Å². The zero-order valence-corrected chi connectivity index (χ0v) is 13.6. The molecule has 2 aromatic rings. The number of pyridine rings is 1. The number of hydrogen-bond acceptors (Lipinski definition) is 4. The van der Waals surface area contributed by atoms with Gasteiger partial charge in [0, 0.05) is 35.8 Å². The van der Waals surface area contributed by atoms with Crippen molar-refractivity contribution >= 4 is 11.3 Å². The molecule has 3 nitrogen and oxygen atoms in total. The lowest BCUT2D eigenvalue weighted by Gasteiger charge is -2.24. The Morgan fingerprint density at radius 3 is 2.75 bits per heavy atom. The number of aryl methyl sites for hydroxylation is 2. The van der Waals surface area contributed by atoms with E-state index in [1.807, 2.05) is 29.7 Å². The van der Waals surface area contributed by atoms with Gasteiger partial charge in [-0.3, -0.25) is 9.88 Å². The number of hydrogen-bond donors (Lipinski definition) is 0. The van der Waals surface area contributed by atoms with E-state index in [4.69, 9.17) is 0 Å². The zero-order chi connectivity index (χ0) is 14.5. The average Bonchev–Trinajstić information content (AvgIpc) is 2.86. The van der Waals surface area contributed by atoms with Gasteiger partial charge < -0.3 is 0 Å². The van der Waals surface area contributed by atoms with Crippen LogP contribution in [0.5, 0.6) is 0 Å². The van der Waals surface area contributed by atoms with Gasteiger partial charge in [0.05, 0.1) is 10.7 Å². The Morgan fingerprint density at radius 2 is 2.15 bits per heavy atom. The van der Waals surface area contributed by atoms with Crippen molar-refractivity contribution in [1.29, 1.82) is 0 Å². The maximum absolute atomic E-state index is 4.63. The van der Waals surface area contributed by atoms with Gasteiger partial charge in [0.2, 0.25) is 0 Å². The fourth-order valence-corrected chi connectivity index (χ4v) is 3.36. The fraction of sp³-hybridized carbons (Fsp3) is 0.500. The van der Waals surface area contributed by atoms with Crippen LogP contribution in [-0.2, 0) is 12.8 Å². The topological polar surface area (TPSA) is 29.0 Å². The summed E-state index contributed by atoms with van der Waals surface area (Å²) in [4.78, 5) is 12.8. The Balaban J connectivity index is 1.97. The Morgan fingerprint density at radius 1 is 1.35 bits per heavy atom. The standard InChI is InChI=1S/C16H23N3S/c1-5-15-18-12(2)16(20-15)13(3)19(4)11-9-14-8-6-7-10-17-14/h6-8,10,13H,5,9,11H2,1-4H3/t13-/m1/s1. The summed E-state index contributed by atoms with van der Waals surface area (Å²) >= 11 is 1.85. The Kier molecular flexibility index (Phi) is 5.26. The van der Waals surface area contributed by atoms with Crippen LogP contribution < -0.4 is 0 Å². The number of thiazole rings is 1. The predicted molar refractivity (Wildman–Crippen MR) is 85.2 cm³/mol. The largest absolute Gasteiger partial charge is 0.298 e. The highest BCUT2D eigenvalue weighted by molar-refractivity contribution is 7.11. The van der Waals surface area contributed by atoms with Crippen molar-refractivity contribution in [1.82, 2.24) is 14.9 Å². The summed E-state index contributed by atoms with van der Waals surface area (Å²) in [5, 5.41) is 1.24. The minimum absolute atomic E-state index is 0.413. The molecule has 2 heterocycles. The van der Waals surface area contributed by atoms with Gasteiger partial charge in [0.25, 0.3) is 0 Å². The van der Waals surface area contributed by atoms with E-state index in [-0.39, 0.29) is 0 Å². The van der Waals surface area contributed by atoms with Crippen LogP contribution in [0, 0.1) is 6.92 Å². The number of aromatic nitrogens is 2. The molecule has 4 heteroatoms. The van der Waals surface area contributed by atoms with Gasteiger partial charge >= 0.3 is 0 Å². The first-order chi connectivity index (χ1) is 9.61. The third kappa shape index (κ3) is 3.64. The molecule has 0 aromatic carbocycles. The van der Waals surface area contributed by atoms with Crippen LogP contribution in [0.4, 0.5) is 0 Å². The zero-order valence-electron chi connectivity index (χ0n) is 12.8. The lowest BCUT2D eigenvalue weighted by atomic mass is 10.2. The highest BCUT2D eigenvalue weighted by atomic mass is 32.1. The second-order valence-corrected chi connectivity index (χ2v) is 6.25. The van der Waals surface area contributed by atoms with Crippen LogP contribution in [0.15, 0.2) is 24.4 Å². The van der Waals surface area contributed by atoms with Crippen LogP contribution in [0.25, 0.3) is 0 Å². The molecular formula is C16H23N3S. The SMILES string of the molecule is CCc1nc(C)c([C@@H](C)N(C)CCc2ccccn2)s1. The second kappa shape index (κ2) is 6.95. The van der Waals surface area contributed by atoms with E-state index in [1.54, 1.807) is 0 Å². The maximum atomic E-state index is 4.63. The second-order valence-electron chi connectivity index (χ2n) is 5.14. The van der Waals surface area contributed by atoms with Crippen molar-refractivity contribution in [2.24, 2.45) is 0 Å². The third-order valence-electron chi connectivity index (χ3n) is 3.67. The van der Waals surface area contributed by atoms with Gasteiger partial charge in [-0.15, -0.1) is 11.3 Å². The molecule has 0 aliphatic carbocycles. The van der Waals surface area contributed by atoms with Crippen LogP contribution in [0.1, 0.15) is 41.2 Å². The molecule has 0 fully saturated rings. The summed E-state index contributed by atoms with van der Waals surface area (Å²) in [7, 11) is 2.18. The summed E-state index contributed by atoms with van der Waals surface area (Å²) in [5.41, 5.74) is 2.34. The predicted octanol–water partition coefficient (Wildman–Crippen LogP) is 3.64. The van der Waals surface area contributed by atoms with Crippen molar-refractivity contribution in [3.05, 3.63) is 45.7 Å². The van der Waals surface area contributed by atoms with Gasteiger partial charge in [0.15, 0.2) is 0 Å². The summed E-state index contributed by atoms with van der Waals surface area (Å²) in [6.45, 7) is 7.56. The van der Waals surface area contributed by atoms with E-state index in [2.05, 4.69) is 48.8 Å². The van der Waals surface area contributed by atoms with Crippen molar-refractivity contribution in [3.63, 3.8) is 0 Å². The number of nitrogens with zero attached hydrogens (tertiary/aromatic N) is 3. The molecule has 0 radical (unpaired) electrons. The minimum Gasteiger partial charge on any atom is -0.298 e. The summed E-state index contributed by atoms with van der Waals surface area (Å²) in [5.74, 6) is 0. The Bertz CT molecular complexity index is 536. The monoisotopic (exact) mass is 289 g/mol. The molecule has 0 amide bonds. The van der Waals surface area contributed by atoms with Crippen LogP contribution in [0.3, 0.4) is 0 Å². The number of rotatable bonds is 6. The Labute approximate surface area is 125 Å². The van der Waals surface area contributed by atoms with E-state index < -0.39 is 0 Å². The molecule has 2 aromatic heterocycles. The first-order valence-electron chi connectivity index (χ1n) is 7.18. The van der Waals surface area contributed by atoms with Crippen molar-refractivity contribution in [2.75, 3.05) is 13.6 Å². The quantitative estimate of drug-likeness (QED) is 0.813. The first kappa shape index (κ1) is 15.1. The Hall–Kier alpha value is -1.26. The van der Waals surface area contributed by atoms with E-state index in [0.29, 0.717) is 6.04 Å². The first-order valence-corrected chi connectivity index (χ1v) is 7.99. The number of likely N-dealkylation sites (N-methyl/N-ethyl adjacent to an activating group) is 1. The lowest BCUT2D eigenvalue weighted by molar-refractivity contribution is 0.266. The third-order valence-corrected chi connectivity index (χ3v) is 5.14. The molecular weight excluding hydrogens is 266 g/mol. The van der Waals surface area contributed by atoms with Crippen LogP contribution in [-0.4, -0.2) is 28.5 Å². The molecule has 1 atom stereocenters. The summed E-state index contributed by atoms with van der Waals surface area (Å²) < 4.78 is 0. The summed E-state index contributed by atoms with van der Waals surface area (Å²) in [6.07, 6.45) is 3.87. The van der Waals surface area contributed by atoms with E-state index in [1.165, 1.54) is 15.6 Å². The smallest absolute Gasteiger partial charge is 0.0928 e. The summed E-state index contributed by atoms with van der Waals surface area (Å²) in [6, 6.07) is 6.51. The lowest BCUT2D eigenvalue weighted by Crippen LogP contribution is -2.25. The van der Waals surface area contributed by atoms with E-state index >= 15 is 0 Å². The van der Waals surface area contributed by atoms with Crippen molar-refractivity contribution in [2.45, 2.75) is 39.7 Å². The molecule has 108 valence electrons. The van der Waals surface area contributed by atoms with Gasteiger partial charge in [-0.25, -0.2) is 4.98 Å². The average molecular weight is 289 g/mol. The molecule has 0 bridgehead atoms. The van der Waals surface area contributed by atoms with Gasteiger partial charge in [0.1, 0.15) is 0 Å². The molecule has 0 aliphatic rings. The van der Waals surface area contributed by atoms with Crippen molar-refractivity contribution < 1.29 is 0 Å². The molecule has 0 N–H and O–H groups in total. The highest BCUT2D eigenvalue weighted by Crippen LogP contribution is 2.28. The minimum atomic E-state index is 0.413. The molecule has 0 saturated carbocycles. The van der Waals surface area contributed by atoms with Gasteiger partial charge in [-0.05, 0) is 39.4 Å². The van der Waals surface area contributed by atoms with E-state index in [0.717, 1.165) is 25.1 Å².